The summed E-state index contributed by atoms with van der Waals surface area (Å²) in [5.74, 6) is 2.84. The molecule has 5 heteroatoms. The molecule has 1 aromatic rings. The van der Waals surface area contributed by atoms with Crippen LogP contribution in [0, 0.1) is 5.92 Å². The largest absolute Gasteiger partial charge is 0.318 e. The highest BCUT2D eigenvalue weighted by atomic mass is 32.2. The lowest BCUT2D eigenvalue weighted by atomic mass is 10.0. The highest BCUT2D eigenvalue weighted by molar-refractivity contribution is 7.99. The molecule has 1 amide bonds. The molecule has 0 aromatic carbocycles. The first-order valence-corrected chi connectivity index (χ1v) is 9.79. The summed E-state index contributed by atoms with van der Waals surface area (Å²) in [6.07, 6.45) is 1.10. The van der Waals surface area contributed by atoms with E-state index in [2.05, 4.69) is 55.4 Å². The Hall–Kier alpha value is -0.520. The third-order valence-corrected chi connectivity index (χ3v) is 5.83. The average molecular weight is 327 g/mol. The molecule has 118 valence electrons. The first kappa shape index (κ1) is 16.8. The molecule has 2 heterocycles. The van der Waals surface area contributed by atoms with E-state index in [1.807, 2.05) is 11.8 Å². The van der Waals surface area contributed by atoms with Gasteiger partial charge in [-0.3, -0.25) is 10.1 Å². The molecule has 2 rings (SSSR count). The zero-order chi connectivity index (χ0) is 15.4. The highest BCUT2D eigenvalue weighted by Gasteiger charge is 2.43. The van der Waals surface area contributed by atoms with E-state index >= 15 is 0 Å². The lowest BCUT2D eigenvalue weighted by Crippen LogP contribution is -2.39. The molecule has 0 spiro atoms. The first-order valence-electron chi connectivity index (χ1n) is 7.75. The Kier molecular flexibility index (Phi) is 6.14. The van der Waals surface area contributed by atoms with Gasteiger partial charge in [-0.2, -0.15) is 11.8 Å². The van der Waals surface area contributed by atoms with E-state index in [-0.39, 0.29) is 24.2 Å². The van der Waals surface area contributed by atoms with E-state index < -0.39 is 0 Å². The lowest BCUT2D eigenvalue weighted by molar-refractivity contribution is -0.132. The van der Waals surface area contributed by atoms with Crippen LogP contribution in [0.1, 0.15) is 45.2 Å². The van der Waals surface area contributed by atoms with Crippen LogP contribution in [0.15, 0.2) is 17.5 Å². The number of amides is 1. The van der Waals surface area contributed by atoms with Gasteiger partial charge in [-0.1, -0.05) is 26.8 Å². The number of thioether (sulfide) groups is 1. The fourth-order valence-corrected chi connectivity index (χ4v) is 4.34. The molecule has 21 heavy (non-hydrogen) atoms. The minimum Gasteiger partial charge on any atom is -0.318 e. The van der Waals surface area contributed by atoms with Crippen LogP contribution in [0.2, 0.25) is 0 Å². The van der Waals surface area contributed by atoms with E-state index in [4.69, 9.17) is 0 Å². The van der Waals surface area contributed by atoms with Crippen molar-refractivity contribution in [3.63, 3.8) is 0 Å². The Morgan fingerprint density at radius 2 is 2.19 bits per heavy atom. The lowest BCUT2D eigenvalue weighted by Gasteiger charge is -2.30. The Morgan fingerprint density at radius 1 is 1.43 bits per heavy atom. The quantitative estimate of drug-likeness (QED) is 0.775. The molecular formula is C16H26N2OS2. The summed E-state index contributed by atoms with van der Waals surface area (Å²) in [6.45, 7) is 8.59. The van der Waals surface area contributed by atoms with Gasteiger partial charge in [-0.25, -0.2) is 0 Å². The molecule has 0 radical (unpaired) electrons. The number of nitrogens with zero attached hydrogens (tertiary/aromatic N) is 1. The van der Waals surface area contributed by atoms with Crippen LogP contribution < -0.4 is 5.32 Å². The molecule has 3 nitrogen and oxygen atoms in total. The van der Waals surface area contributed by atoms with Gasteiger partial charge >= 0.3 is 0 Å². The molecule has 0 aliphatic carbocycles. The maximum Gasteiger partial charge on any atom is 0.241 e. The summed E-state index contributed by atoms with van der Waals surface area (Å²) >= 11 is 3.67. The van der Waals surface area contributed by atoms with Crippen molar-refractivity contribution in [1.82, 2.24) is 10.2 Å². The van der Waals surface area contributed by atoms with Crippen LogP contribution in [-0.2, 0) is 4.79 Å². The standard InChI is InChI=1S/C16H26N2OS2/c1-5-20-10-8-12(4)18-15(13-7-6-9-21-13)17-14(11(2)3)16(18)19/h6-7,9,11-12,14-15,17H,5,8,10H2,1-4H3. The second-order valence-electron chi connectivity index (χ2n) is 5.89. The molecule has 1 fully saturated rings. The van der Waals surface area contributed by atoms with Crippen LogP contribution >= 0.6 is 23.1 Å². The third kappa shape index (κ3) is 3.82. The maximum absolute atomic E-state index is 12.8. The van der Waals surface area contributed by atoms with Gasteiger partial charge in [0, 0.05) is 10.9 Å². The molecular weight excluding hydrogens is 300 g/mol. The number of nitrogens with one attached hydrogen (secondary N) is 1. The van der Waals surface area contributed by atoms with Crippen molar-refractivity contribution in [1.29, 1.82) is 0 Å². The first-order chi connectivity index (χ1) is 10.1. The number of carbonyl (C=O) groups excluding carboxylic acids is 1. The van der Waals surface area contributed by atoms with Gasteiger partial charge in [0.05, 0.1) is 6.04 Å². The Morgan fingerprint density at radius 3 is 2.76 bits per heavy atom. The van der Waals surface area contributed by atoms with Crippen LogP contribution in [-0.4, -0.2) is 34.4 Å². The zero-order valence-corrected chi connectivity index (χ0v) is 15.0. The molecule has 3 unspecified atom stereocenters. The highest BCUT2D eigenvalue weighted by Crippen LogP contribution is 2.33. The second kappa shape index (κ2) is 7.65. The molecule has 1 N–H and O–H groups in total. The van der Waals surface area contributed by atoms with E-state index in [1.165, 1.54) is 4.88 Å². The molecule has 1 aliphatic rings. The van der Waals surface area contributed by atoms with Crippen LogP contribution in [0.4, 0.5) is 0 Å². The predicted molar refractivity (Wildman–Crippen MR) is 92.7 cm³/mol. The molecule has 0 bridgehead atoms. The minimum absolute atomic E-state index is 0.0477. The fraction of sp³-hybridized carbons (Fsp3) is 0.688. The van der Waals surface area contributed by atoms with Crippen LogP contribution in [0.25, 0.3) is 0 Å². The van der Waals surface area contributed by atoms with E-state index in [9.17, 15) is 4.79 Å². The van der Waals surface area contributed by atoms with E-state index in [1.54, 1.807) is 11.3 Å². The SMILES string of the molecule is CCSCCC(C)N1C(=O)C(C(C)C)NC1c1cccs1. The second-order valence-corrected chi connectivity index (χ2v) is 8.26. The van der Waals surface area contributed by atoms with Crippen molar-refractivity contribution >= 4 is 29.0 Å². The normalized spacial score (nSPS) is 24.0. The van der Waals surface area contributed by atoms with E-state index in [0.29, 0.717) is 5.92 Å². The maximum atomic E-state index is 12.8. The van der Waals surface area contributed by atoms with Gasteiger partial charge in [0.2, 0.25) is 5.91 Å². The van der Waals surface area contributed by atoms with Crippen molar-refractivity contribution in [2.75, 3.05) is 11.5 Å². The van der Waals surface area contributed by atoms with Crippen molar-refractivity contribution in [2.24, 2.45) is 5.92 Å². The summed E-state index contributed by atoms with van der Waals surface area (Å²) in [7, 11) is 0. The van der Waals surface area contributed by atoms with Gasteiger partial charge in [0.25, 0.3) is 0 Å². The van der Waals surface area contributed by atoms with Crippen LogP contribution in [0.5, 0.6) is 0 Å². The topological polar surface area (TPSA) is 32.3 Å². The van der Waals surface area contributed by atoms with Crippen molar-refractivity contribution in [2.45, 2.75) is 52.4 Å². The van der Waals surface area contributed by atoms with E-state index in [0.717, 1.165) is 17.9 Å². The number of rotatable bonds is 7. The van der Waals surface area contributed by atoms with Gasteiger partial charge in [-0.15, -0.1) is 11.3 Å². The third-order valence-electron chi connectivity index (χ3n) is 3.97. The van der Waals surface area contributed by atoms with Gasteiger partial charge in [0.15, 0.2) is 0 Å². The predicted octanol–water partition coefficient (Wildman–Crippen LogP) is 3.73. The molecule has 3 atom stereocenters. The zero-order valence-electron chi connectivity index (χ0n) is 13.3. The summed E-state index contributed by atoms with van der Waals surface area (Å²) in [4.78, 5) is 16.1. The van der Waals surface area contributed by atoms with Gasteiger partial charge in [0.1, 0.15) is 6.17 Å². The smallest absolute Gasteiger partial charge is 0.241 e. The number of carbonyl (C=O) groups is 1. The summed E-state index contributed by atoms with van der Waals surface area (Å²) in [5, 5.41) is 5.63. The number of thiophene rings is 1. The van der Waals surface area contributed by atoms with Crippen molar-refractivity contribution in [3.05, 3.63) is 22.4 Å². The summed E-state index contributed by atoms with van der Waals surface area (Å²) in [5.41, 5.74) is 0. The van der Waals surface area contributed by atoms with Crippen LogP contribution in [0.3, 0.4) is 0 Å². The average Bonchev–Trinajstić information content (AvgIpc) is 3.05. The molecule has 1 saturated heterocycles. The molecule has 1 aliphatic heterocycles. The Labute approximate surface area is 136 Å². The van der Waals surface area contributed by atoms with Gasteiger partial charge in [-0.05, 0) is 42.2 Å². The fourth-order valence-electron chi connectivity index (χ4n) is 2.76. The summed E-state index contributed by atoms with van der Waals surface area (Å²) < 4.78 is 0. The number of hydrogen-bond donors (Lipinski definition) is 1. The Bertz CT molecular complexity index is 447. The minimum atomic E-state index is -0.0571. The molecule has 1 aromatic heterocycles. The molecule has 0 saturated carbocycles. The van der Waals surface area contributed by atoms with Crippen molar-refractivity contribution in [3.8, 4) is 0 Å². The van der Waals surface area contributed by atoms with Crippen molar-refractivity contribution < 1.29 is 4.79 Å². The Balaban J connectivity index is 2.15. The number of hydrogen-bond acceptors (Lipinski definition) is 4. The monoisotopic (exact) mass is 326 g/mol. The summed E-state index contributed by atoms with van der Waals surface area (Å²) in [6, 6.07) is 4.40. The van der Waals surface area contributed by atoms with Gasteiger partial charge < -0.3 is 4.90 Å².